The molecule has 0 fully saturated rings. The molecule has 2 aromatic rings. The molecule has 0 saturated heterocycles. The van der Waals surface area contributed by atoms with Crippen molar-refractivity contribution in [1.82, 2.24) is 14.8 Å². The van der Waals surface area contributed by atoms with E-state index in [1.54, 1.807) is 16.0 Å². The lowest BCUT2D eigenvalue weighted by Gasteiger charge is -2.06. The Kier molecular flexibility index (Phi) is 3.86. The Morgan fingerprint density at radius 2 is 2.21 bits per heavy atom. The topological polar surface area (TPSA) is 68.8 Å². The van der Waals surface area contributed by atoms with Crippen LogP contribution in [0.5, 0.6) is 0 Å². The number of thiazole rings is 1. The van der Waals surface area contributed by atoms with Crippen LogP contribution >= 0.6 is 23.6 Å². The predicted molar refractivity (Wildman–Crippen MR) is 83.3 cm³/mol. The first-order valence-corrected chi connectivity index (χ1v) is 7.24. The van der Waals surface area contributed by atoms with Crippen molar-refractivity contribution in [3.63, 3.8) is 0 Å². The van der Waals surface area contributed by atoms with E-state index in [0.29, 0.717) is 10.9 Å². The van der Waals surface area contributed by atoms with Crippen molar-refractivity contribution in [3.05, 3.63) is 22.3 Å². The fourth-order valence-electron chi connectivity index (χ4n) is 1.81. The highest BCUT2D eigenvalue weighted by Crippen LogP contribution is 2.27. The molecule has 0 aliphatic carbocycles. The Morgan fingerprint density at radius 3 is 2.74 bits per heavy atom. The van der Waals surface area contributed by atoms with Gasteiger partial charge in [0.2, 0.25) is 0 Å². The van der Waals surface area contributed by atoms with E-state index in [2.05, 4.69) is 34.6 Å². The maximum Gasteiger partial charge on any atom is 0.188 e. The minimum absolute atomic E-state index is 0.341. The van der Waals surface area contributed by atoms with E-state index in [-0.39, 0.29) is 0 Å². The van der Waals surface area contributed by atoms with Crippen LogP contribution in [0.2, 0.25) is 0 Å². The number of anilines is 2. The van der Waals surface area contributed by atoms with E-state index in [0.717, 1.165) is 27.9 Å². The van der Waals surface area contributed by atoms with Crippen LogP contribution in [0, 0.1) is 6.92 Å². The van der Waals surface area contributed by atoms with E-state index in [1.807, 2.05) is 14.0 Å². The molecule has 2 aromatic heterocycles. The van der Waals surface area contributed by atoms with Gasteiger partial charge in [0, 0.05) is 12.4 Å². The molecule has 0 spiro atoms. The Labute approximate surface area is 121 Å². The summed E-state index contributed by atoms with van der Waals surface area (Å²) in [6.07, 6.45) is 0. The third kappa shape index (κ3) is 2.76. The smallest absolute Gasteiger partial charge is 0.188 e. The van der Waals surface area contributed by atoms with Crippen molar-refractivity contribution < 1.29 is 0 Å². The first kappa shape index (κ1) is 14.0. The first-order chi connectivity index (χ1) is 8.90. The molecule has 0 aromatic carbocycles. The highest BCUT2D eigenvalue weighted by Gasteiger charge is 2.17. The zero-order chi connectivity index (χ0) is 14.2. The van der Waals surface area contributed by atoms with Gasteiger partial charge in [0.05, 0.1) is 17.0 Å². The molecule has 2 rings (SSSR count). The van der Waals surface area contributed by atoms with Gasteiger partial charge in [0.25, 0.3) is 0 Å². The zero-order valence-corrected chi connectivity index (χ0v) is 13.0. The van der Waals surface area contributed by atoms with Crippen molar-refractivity contribution in [1.29, 1.82) is 0 Å². The van der Waals surface area contributed by atoms with Crippen LogP contribution in [0.3, 0.4) is 0 Å². The molecule has 0 unspecified atom stereocenters. The Hall–Kier alpha value is -1.47. The van der Waals surface area contributed by atoms with Gasteiger partial charge in [-0.15, -0.1) is 11.3 Å². The largest absolute Gasteiger partial charge is 0.389 e. The van der Waals surface area contributed by atoms with E-state index in [1.165, 1.54) is 0 Å². The van der Waals surface area contributed by atoms with Gasteiger partial charge >= 0.3 is 0 Å². The molecule has 5 nitrogen and oxygen atoms in total. The van der Waals surface area contributed by atoms with Crippen molar-refractivity contribution in [2.45, 2.75) is 26.7 Å². The highest BCUT2D eigenvalue weighted by atomic mass is 32.1. The standard InChI is InChI=1S/C12H17N5S2/c1-6(2)8-5-19-12(14-8)15-11-9(10(13)18)7(3)16-17(11)4/h5-6H,1-4H3,(H2,13,18)(H,14,15). The van der Waals surface area contributed by atoms with Gasteiger partial charge in [0.15, 0.2) is 5.13 Å². The number of hydrogen-bond acceptors (Lipinski definition) is 5. The van der Waals surface area contributed by atoms with Crippen LogP contribution in [0.1, 0.15) is 36.7 Å². The highest BCUT2D eigenvalue weighted by molar-refractivity contribution is 7.80. The fourth-order valence-corrected chi connectivity index (χ4v) is 2.92. The molecule has 102 valence electrons. The summed E-state index contributed by atoms with van der Waals surface area (Å²) in [4.78, 5) is 4.88. The molecule has 0 bridgehead atoms. The maximum absolute atomic E-state index is 5.76. The van der Waals surface area contributed by atoms with Gasteiger partial charge in [-0.1, -0.05) is 26.1 Å². The number of hydrogen-bond donors (Lipinski definition) is 2. The molecular formula is C12H17N5S2. The minimum Gasteiger partial charge on any atom is -0.389 e. The van der Waals surface area contributed by atoms with Crippen molar-refractivity contribution in [3.8, 4) is 0 Å². The van der Waals surface area contributed by atoms with E-state index in [9.17, 15) is 0 Å². The molecule has 0 aliphatic rings. The van der Waals surface area contributed by atoms with Crippen LogP contribution in [0.15, 0.2) is 5.38 Å². The van der Waals surface area contributed by atoms with Gasteiger partial charge in [-0.25, -0.2) is 4.98 Å². The van der Waals surface area contributed by atoms with Crippen LogP contribution < -0.4 is 11.1 Å². The van der Waals surface area contributed by atoms with E-state index >= 15 is 0 Å². The second-order valence-electron chi connectivity index (χ2n) is 4.65. The first-order valence-electron chi connectivity index (χ1n) is 5.96. The second kappa shape index (κ2) is 5.26. The molecule has 0 radical (unpaired) electrons. The summed E-state index contributed by atoms with van der Waals surface area (Å²) >= 11 is 6.64. The SMILES string of the molecule is Cc1nn(C)c(Nc2nc(C(C)C)cs2)c1C(N)=S. The number of nitrogens with two attached hydrogens (primary N) is 1. The average molecular weight is 295 g/mol. The van der Waals surface area contributed by atoms with E-state index in [4.69, 9.17) is 18.0 Å². The molecule has 19 heavy (non-hydrogen) atoms. The average Bonchev–Trinajstić information content (AvgIpc) is 2.85. The maximum atomic E-state index is 5.76. The lowest BCUT2D eigenvalue weighted by Crippen LogP contribution is -2.12. The van der Waals surface area contributed by atoms with Gasteiger partial charge < -0.3 is 11.1 Å². The van der Waals surface area contributed by atoms with Gasteiger partial charge in [-0.05, 0) is 12.8 Å². The number of nitrogens with one attached hydrogen (secondary N) is 1. The van der Waals surface area contributed by atoms with Crippen LogP contribution in [-0.4, -0.2) is 19.8 Å². The number of rotatable bonds is 4. The number of nitrogens with zero attached hydrogens (tertiary/aromatic N) is 3. The molecule has 2 heterocycles. The summed E-state index contributed by atoms with van der Waals surface area (Å²) in [7, 11) is 1.86. The lowest BCUT2D eigenvalue weighted by molar-refractivity contribution is 0.764. The van der Waals surface area contributed by atoms with Crippen molar-refractivity contribution >= 4 is 39.5 Å². The third-order valence-corrected chi connectivity index (χ3v) is 3.79. The van der Waals surface area contributed by atoms with Crippen molar-refractivity contribution in [2.75, 3.05) is 5.32 Å². The van der Waals surface area contributed by atoms with E-state index < -0.39 is 0 Å². The van der Waals surface area contributed by atoms with Crippen LogP contribution in [0.4, 0.5) is 10.9 Å². The predicted octanol–water partition coefficient (Wildman–Crippen LogP) is 2.69. The Morgan fingerprint density at radius 1 is 1.53 bits per heavy atom. The molecule has 3 N–H and O–H groups in total. The second-order valence-corrected chi connectivity index (χ2v) is 5.95. The minimum atomic E-state index is 0.341. The monoisotopic (exact) mass is 295 g/mol. The van der Waals surface area contributed by atoms with Gasteiger partial charge in [-0.2, -0.15) is 5.10 Å². The number of aryl methyl sites for hydroxylation is 2. The normalized spacial score (nSPS) is 11.0. The zero-order valence-electron chi connectivity index (χ0n) is 11.4. The summed E-state index contributed by atoms with van der Waals surface area (Å²) in [5.74, 6) is 1.20. The van der Waals surface area contributed by atoms with Gasteiger partial charge in [-0.3, -0.25) is 4.68 Å². The molecular weight excluding hydrogens is 278 g/mol. The van der Waals surface area contributed by atoms with Gasteiger partial charge in [0.1, 0.15) is 10.8 Å². The lowest BCUT2D eigenvalue weighted by atomic mass is 10.2. The number of aromatic nitrogens is 3. The molecule has 0 aliphatic heterocycles. The molecule has 7 heteroatoms. The molecule has 0 saturated carbocycles. The third-order valence-electron chi connectivity index (χ3n) is 2.81. The quantitative estimate of drug-likeness (QED) is 0.849. The summed E-state index contributed by atoms with van der Waals surface area (Å²) < 4.78 is 1.74. The summed E-state index contributed by atoms with van der Waals surface area (Å²) in [6, 6.07) is 0. The summed E-state index contributed by atoms with van der Waals surface area (Å²) in [5.41, 5.74) is 8.42. The summed E-state index contributed by atoms with van der Waals surface area (Å²) in [6.45, 7) is 6.13. The summed E-state index contributed by atoms with van der Waals surface area (Å²) in [5, 5.41) is 10.5. The van der Waals surface area contributed by atoms with Crippen LogP contribution in [-0.2, 0) is 7.05 Å². The van der Waals surface area contributed by atoms with Crippen LogP contribution in [0.25, 0.3) is 0 Å². The molecule has 0 amide bonds. The fraction of sp³-hybridized carbons (Fsp3) is 0.417. The Bertz CT molecular complexity index is 612. The van der Waals surface area contributed by atoms with Crippen molar-refractivity contribution in [2.24, 2.45) is 12.8 Å². The molecule has 0 atom stereocenters. The number of thiocarbonyl (C=S) groups is 1. The Balaban J connectivity index is 2.35.